The zero-order valence-corrected chi connectivity index (χ0v) is 26.3. The van der Waals surface area contributed by atoms with E-state index in [0.717, 1.165) is 12.1 Å². The second kappa shape index (κ2) is 12.8. The first-order chi connectivity index (χ1) is 19.9. The number of rotatable bonds is 7. The second-order valence-electron chi connectivity index (χ2n) is 12.9. The monoisotopic (exact) mass is 607 g/mol. The van der Waals surface area contributed by atoms with Crippen molar-refractivity contribution in [3.05, 3.63) is 41.6 Å². The van der Waals surface area contributed by atoms with Crippen LogP contribution in [0.5, 0.6) is 5.75 Å². The van der Waals surface area contributed by atoms with Crippen LogP contribution < -0.4 is 15.4 Å². The number of fused-ring (bicyclic) bond motifs is 1. The van der Waals surface area contributed by atoms with E-state index >= 15 is 0 Å². The highest BCUT2D eigenvalue weighted by molar-refractivity contribution is 5.92. The third-order valence-electron chi connectivity index (χ3n) is 7.48. The number of likely N-dealkylation sites (N-methyl/N-ethyl adjacent to an activating group) is 1. The maximum Gasteiger partial charge on any atom is 0.410 e. The molecule has 1 saturated heterocycles. The van der Waals surface area contributed by atoms with Crippen LogP contribution in [-0.2, 0) is 14.3 Å². The van der Waals surface area contributed by atoms with E-state index in [-0.39, 0.29) is 30.3 Å². The number of nitrogens with one attached hydrogen (secondary N) is 2. The summed E-state index contributed by atoms with van der Waals surface area (Å²) in [4.78, 5) is 57.0. The fourth-order valence-electron chi connectivity index (χ4n) is 5.05. The van der Waals surface area contributed by atoms with Crippen molar-refractivity contribution < 1.29 is 37.4 Å². The van der Waals surface area contributed by atoms with E-state index in [4.69, 9.17) is 9.47 Å². The first-order valence-electron chi connectivity index (χ1n) is 14.2. The summed E-state index contributed by atoms with van der Waals surface area (Å²) in [6, 6.07) is -0.0653. The summed E-state index contributed by atoms with van der Waals surface area (Å²) in [5.41, 5.74) is -0.886. The van der Waals surface area contributed by atoms with Crippen LogP contribution >= 0.6 is 0 Å². The first-order valence-corrected chi connectivity index (χ1v) is 14.2. The molecule has 1 aromatic carbocycles. The number of nitrogens with zero attached hydrogens (tertiary/aromatic N) is 3. The lowest BCUT2D eigenvalue weighted by Crippen LogP contribution is -2.59. The van der Waals surface area contributed by atoms with Crippen molar-refractivity contribution >= 4 is 23.9 Å². The lowest BCUT2D eigenvalue weighted by molar-refractivity contribution is -0.140. The molecule has 0 aliphatic carbocycles. The van der Waals surface area contributed by atoms with Crippen molar-refractivity contribution in [1.82, 2.24) is 25.3 Å². The Morgan fingerprint density at radius 3 is 2.30 bits per heavy atom. The molecule has 0 radical (unpaired) electrons. The molecule has 4 unspecified atom stereocenters. The molecule has 0 aromatic heterocycles. The lowest BCUT2D eigenvalue weighted by Gasteiger charge is -2.37. The van der Waals surface area contributed by atoms with Gasteiger partial charge in [-0.25, -0.2) is 18.4 Å². The highest BCUT2D eigenvalue weighted by Gasteiger charge is 2.50. The highest BCUT2D eigenvalue weighted by atomic mass is 19.2. The molecule has 3 rings (SSSR count). The Bertz CT molecular complexity index is 1270. The van der Waals surface area contributed by atoms with Gasteiger partial charge >= 0.3 is 12.1 Å². The fourth-order valence-corrected chi connectivity index (χ4v) is 5.05. The van der Waals surface area contributed by atoms with Gasteiger partial charge in [0, 0.05) is 38.5 Å². The molecule has 1 fully saturated rings. The number of urea groups is 1. The average molecular weight is 608 g/mol. The van der Waals surface area contributed by atoms with E-state index in [1.807, 2.05) is 20.8 Å². The van der Waals surface area contributed by atoms with Crippen molar-refractivity contribution in [2.75, 3.05) is 27.2 Å². The number of hydrogen-bond donors (Lipinski definition) is 2. The average Bonchev–Trinajstić information content (AvgIpc) is 3.50. The van der Waals surface area contributed by atoms with Gasteiger partial charge in [0.05, 0.1) is 12.1 Å². The number of carbonyl (C=O) groups is 4. The van der Waals surface area contributed by atoms with E-state index in [9.17, 15) is 28.0 Å². The number of halogens is 2. The summed E-state index contributed by atoms with van der Waals surface area (Å²) < 4.78 is 38.3. The normalized spacial score (nSPS) is 19.7. The van der Waals surface area contributed by atoms with Gasteiger partial charge in [0.1, 0.15) is 30.0 Å². The summed E-state index contributed by atoms with van der Waals surface area (Å²) in [5, 5.41) is 5.44. The molecule has 5 amide bonds. The Balaban J connectivity index is 1.83. The van der Waals surface area contributed by atoms with Crippen LogP contribution in [-0.4, -0.2) is 95.7 Å². The minimum Gasteiger partial charge on any atom is -0.489 e. The number of carbonyl (C=O) groups excluding carboxylic acids is 4. The zero-order valence-electron chi connectivity index (χ0n) is 26.3. The van der Waals surface area contributed by atoms with Crippen molar-refractivity contribution in [2.24, 2.45) is 5.41 Å². The SMILES string of the molecule is CNC(=O)N1C=C(COc2ccc(F)c(F)c2)C2C1CCN2C(=O)C(NC(=O)C(C)N(C)C(=O)OC(C)(C)C)C(C)(C)C. The molecular formula is C30H43F2N5O6. The van der Waals surface area contributed by atoms with Gasteiger partial charge in [-0.2, -0.15) is 0 Å². The number of benzene rings is 1. The predicted molar refractivity (Wildman–Crippen MR) is 155 cm³/mol. The Hall–Kier alpha value is -3.90. The zero-order chi connectivity index (χ0) is 32.4. The van der Waals surface area contributed by atoms with E-state index in [0.29, 0.717) is 18.5 Å². The van der Waals surface area contributed by atoms with Gasteiger partial charge in [-0.3, -0.25) is 19.4 Å². The Morgan fingerprint density at radius 2 is 1.74 bits per heavy atom. The minimum absolute atomic E-state index is 0.0895. The molecule has 2 N–H and O–H groups in total. The van der Waals surface area contributed by atoms with Crippen LogP contribution in [0.25, 0.3) is 0 Å². The van der Waals surface area contributed by atoms with Crippen molar-refractivity contribution in [1.29, 1.82) is 0 Å². The number of ether oxygens (including phenoxy) is 2. The van der Waals surface area contributed by atoms with Gasteiger partial charge in [0.15, 0.2) is 11.6 Å². The summed E-state index contributed by atoms with van der Waals surface area (Å²) in [6.07, 6.45) is 1.40. The summed E-state index contributed by atoms with van der Waals surface area (Å²) in [7, 11) is 2.95. The van der Waals surface area contributed by atoms with Crippen LogP contribution in [0.3, 0.4) is 0 Å². The molecule has 2 heterocycles. The molecule has 1 aromatic rings. The molecule has 43 heavy (non-hydrogen) atoms. The van der Waals surface area contributed by atoms with Gasteiger partial charge < -0.3 is 25.0 Å². The summed E-state index contributed by atoms with van der Waals surface area (Å²) >= 11 is 0. The van der Waals surface area contributed by atoms with Gasteiger partial charge in [-0.05, 0) is 51.7 Å². The molecule has 0 bridgehead atoms. The quantitative estimate of drug-likeness (QED) is 0.489. The molecule has 13 heteroatoms. The van der Waals surface area contributed by atoms with Gasteiger partial charge in [-0.15, -0.1) is 0 Å². The Labute approximate surface area is 251 Å². The largest absolute Gasteiger partial charge is 0.489 e. The van der Waals surface area contributed by atoms with Crippen LogP contribution in [0.15, 0.2) is 30.0 Å². The third kappa shape index (κ3) is 7.74. The molecule has 2 aliphatic rings. The van der Waals surface area contributed by atoms with Crippen molar-refractivity contribution in [2.45, 2.75) is 84.7 Å². The molecular weight excluding hydrogens is 564 g/mol. The van der Waals surface area contributed by atoms with Crippen LogP contribution in [0.2, 0.25) is 0 Å². The summed E-state index contributed by atoms with van der Waals surface area (Å²) in [6.45, 7) is 12.4. The minimum atomic E-state index is -1.06. The smallest absolute Gasteiger partial charge is 0.410 e. The molecule has 2 aliphatic heterocycles. The summed E-state index contributed by atoms with van der Waals surface area (Å²) in [5.74, 6) is -2.87. The van der Waals surface area contributed by atoms with Crippen LogP contribution in [0.4, 0.5) is 18.4 Å². The number of likely N-dealkylation sites (tertiary alicyclic amines) is 1. The molecule has 11 nitrogen and oxygen atoms in total. The van der Waals surface area contributed by atoms with Gasteiger partial charge in [-0.1, -0.05) is 20.8 Å². The third-order valence-corrected chi connectivity index (χ3v) is 7.48. The Morgan fingerprint density at radius 1 is 1.09 bits per heavy atom. The van der Waals surface area contributed by atoms with Gasteiger partial charge in [0.25, 0.3) is 0 Å². The van der Waals surface area contributed by atoms with E-state index < -0.39 is 52.8 Å². The van der Waals surface area contributed by atoms with E-state index in [1.54, 1.807) is 38.8 Å². The molecule has 238 valence electrons. The Kier molecular flexibility index (Phi) is 9.97. The number of hydrogen-bond acceptors (Lipinski definition) is 6. The predicted octanol–water partition coefficient (Wildman–Crippen LogP) is 3.64. The maximum absolute atomic E-state index is 14.2. The number of amides is 5. The van der Waals surface area contributed by atoms with E-state index in [1.165, 1.54) is 30.0 Å². The second-order valence-corrected chi connectivity index (χ2v) is 12.9. The van der Waals surface area contributed by atoms with Crippen LogP contribution in [0.1, 0.15) is 54.9 Å². The van der Waals surface area contributed by atoms with Crippen molar-refractivity contribution in [3.8, 4) is 5.75 Å². The van der Waals surface area contributed by atoms with E-state index in [2.05, 4.69) is 10.6 Å². The standard InChI is InChI=1S/C30H43F2N5O6/c1-17(35(9)28(41)43-30(5,6)7)25(38)34-24(29(2,3)4)26(39)36-13-12-22-23(36)18(15-37(22)27(40)33-8)16-42-19-10-11-20(31)21(32)14-19/h10-11,14-15,17,22-24H,12-13,16H2,1-9H3,(H,33,40)(H,34,38). The first kappa shape index (κ1) is 33.6. The molecule has 4 atom stereocenters. The fraction of sp³-hybridized carbons (Fsp3) is 0.600. The van der Waals surface area contributed by atoms with Crippen LogP contribution in [0, 0.1) is 17.0 Å². The maximum atomic E-state index is 14.2. The highest BCUT2D eigenvalue weighted by Crippen LogP contribution is 2.37. The molecule has 0 saturated carbocycles. The molecule has 0 spiro atoms. The topological polar surface area (TPSA) is 121 Å². The van der Waals surface area contributed by atoms with Crippen molar-refractivity contribution in [3.63, 3.8) is 0 Å². The lowest BCUT2D eigenvalue weighted by atomic mass is 9.85. The van der Waals surface area contributed by atoms with Gasteiger partial charge in [0.2, 0.25) is 11.8 Å².